The van der Waals surface area contributed by atoms with Crippen LogP contribution in [0.15, 0.2) is 24.5 Å². The molecule has 0 saturated heterocycles. The van der Waals surface area contributed by atoms with Crippen LogP contribution in [0.1, 0.15) is 12.5 Å². The SMILES string of the molecule is CCOc1ccc(Nc2ncns2)cc1CCl. The Hall–Kier alpha value is -1.33. The molecule has 1 N–H and O–H groups in total. The van der Waals surface area contributed by atoms with E-state index in [1.807, 2.05) is 25.1 Å². The van der Waals surface area contributed by atoms with E-state index in [9.17, 15) is 0 Å². The lowest BCUT2D eigenvalue weighted by Gasteiger charge is -2.10. The predicted octanol–water partition coefficient (Wildman–Crippen LogP) is 3.42. The van der Waals surface area contributed by atoms with Gasteiger partial charge in [0, 0.05) is 22.8 Å². The molecular formula is C11H12ClN3OS. The second-order valence-corrected chi connectivity index (χ2v) is 4.31. The van der Waals surface area contributed by atoms with E-state index in [1.165, 1.54) is 17.9 Å². The number of anilines is 2. The van der Waals surface area contributed by atoms with Crippen molar-refractivity contribution in [1.82, 2.24) is 9.36 Å². The van der Waals surface area contributed by atoms with Gasteiger partial charge < -0.3 is 10.1 Å². The van der Waals surface area contributed by atoms with E-state index in [-0.39, 0.29) is 0 Å². The van der Waals surface area contributed by atoms with Crippen LogP contribution >= 0.6 is 23.1 Å². The van der Waals surface area contributed by atoms with Gasteiger partial charge in [-0.2, -0.15) is 4.37 Å². The van der Waals surface area contributed by atoms with Gasteiger partial charge in [0.05, 0.1) is 12.5 Å². The zero-order chi connectivity index (χ0) is 12.1. The van der Waals surface area contributed by atoms with E-state index < -0.39 is 0 Å². The summed E-state index contributed by atoms with van der Waals surface area (Å²) in [6, 6.07) is 5.80. The molecule has 0 fully saturated rings. The third-order valence-corrected chi connectivity index (χ3v) is 2.98. The average molecular weight is 270 g/mol. The number of alkyl halides is 1. The maximum absolute atomic E-state index is 5.89. The number of aromatic nitrogens is 2. The Labute approximate surface area is 109 Å². The molecule has 4 nitrogen and oxygen atoms in total. The Morgan fingerprint density at radius 2 is 2.35 bits per heavy atom. The van der Waals surface area contributed by atoms with E-state index >= 15 is 0 Å². The van der Waals surface area contributed by atoms with Crippen molar-refractivity contribution in [3.8, 4) is 5.75 Å². The van der Waals surface area contributed by atoms with Crippen molar-refractivity contribution in [3.63, 3.8) is 0 Å². The van der Waals surface area contributed by atoms with Gasteiger partial charge in [0.2, 0.25) is 5.13 Å². The van der Waals surface area contributed by atoms with Crippen molar-refractivity contribution in [2.45, 2.75) is 12.8 Å². The van der Waals surface area contributed by atoms with Gasteiger partial charge in [-0.15, -0.1) is 11.6 Å². The molecule has 0 amide bonds. The average Bonchev–Trinajstić information content (AvgIpc) is 2.84. The first-order chi connectivity index (χ1) is 8.33. The summed E-state index contributed by atoms with van der Waals surface area (Å²) in [5, 5.41) is 3.92. The Morgan fingerprint density at radius 1 is 1.47 bits per heavy atom. The summed E-state index contributed by atoms with van der Waals surface area (Å²) < 4.78 is 9.41. The van der Waals surface area contributed by atoms with Gasteiger partial charge in [-0.3, -0.25) is 0 Å². The van der Waals surface area contributed by atoms with Gasteiger partial charge in [0.25, 0.3) is 0 Å². The number of nitrogens with zero attached hydrogens (tertiary/aromatic N) is 2. The van der Waals surface area contributed by atoms with Crippen LogP contribution in [0.5, 0.6) is 5.75 Å². The molecule has 2 rings (SSSR count). The van der Waals surface area contributed by atoms with E-state index in [0.29, 0.717) is 12.5 Å². The summed E-state index contributed by atoms with van der Waals surface area (Å²) in [6.07, 6.45) is 1.52. The molecular weight excluding hydrogens is 258 g/mol. The Kier molecular flexibility index (Phi) is 4.17. The van der Waals surface area contributed by atoms with Crippen LogP contribution in [0.2, 0.25) is 0 Å². The fraction of sp³-hybridized carbons (Fsp3) is 0.273. The molecule has 0 radical (unpaired) electrons. The lowest BCUT2D eigenvalue weighted by molar-refractivity contribution is 0.337. The molecule has 1 heterocycles. The van der Waals surface area contributed by atoms with Gasteiger partial charge in [-0.25, -0.2) is 4.98 Å². The Bertz CT molecular complexity index is 476. The molecule has 17 heavy (non-hydrogen) atoms. The van der Waals surface area contributed by atoms with Gasteiger partial charge >= 0.3 is 0 Å². The molecule has 6 heteroatoms. The minimum Gasteiger partial charge on any atom is -0.494 e. The molecule has 0 unspecified atom stereocenters. The molecule has 0 aliphatic rings. The normalized spacial score (nSPS) is 10.2. The molecule has 1 aromatic heterocycles. The lowest BCUT2D eigenvalue weighted by atomic mass is 10.2. The number of hydrogen-bond acceptors (Lipinski definition) is 5. The first-order valence-electron chi connectivity index (χ1n) is 5.19. The van der Waals surface area contributed by atoms with Crippen molar-refractivity contribution in [2.75, 3.05) is 11.9 Å². The smallest absolute Gasteiger partial charge is 0.206 e. The summed E-state index contributed by atoms with van der Waals surface area (Å²) in [5.41, 5.74) is 1.89. The van der Waals surface area contributed by atoms with Crippen LogP contribution in [0.3, 0.4) is 0 Å². The van der Waals surface area contributed by atoms with Crippen molar-refractivity contribution < 1.29 is 4.74 Å². The van der Waals surface area contributed by atoms with Crippen molar-refractivity contribution in [3.05, 3.63) is 30.1 Å². The first kappa shape index (κ1) is 12.1. The number of ether oxygens (including phenoxy) is 1. The van der Waals surface area contributed by atoms with Gasteiger partial charge in [0.15, 0.2) is 0 Å². The number of nitrogens with one attached hydrogen (secondary N) is 1. The summed E-state index contributed by atoms with van der Waals surface area (Å²) in [6.45, 7) is 2.58. The minimum absolute atomic E-state index is 0.418. The molecule has 0 spiro atoms. The highest BCUT2D eigenvalue weighted by Crippen LogP contribution is 2.26. The summed E-state index contributed by atoms with van der Waals surface area (Å²) >= 11 is 7.20. The molecule has 1 aromatic carbocycles. The topological polar surface area (TPSA) is 47.0 Å². The maximum atomic E-state index is 5.89. The zero-order valence-electron chi connectivity index (χ0n) is 9.31. The van der Waals surface area contributed by atoms with Crippen LogP contribution in [0, 0.1) is 0 Å². The van der Waals surface area contributed by atoms with E-state index in [0.717, 1.165) is 22.1 Å². The standard InChI is InChI=1S/C11H12ClN3OS/c1-2-16-10-4-3-9(5-8(10)6-12)15-11-13-7-14-17-11/h3-5,7H,2,6H2,1H3,(H,13,14,15). The monoisotopic (exact) mass is 269 g/mol. The zero-order valence-corrected chi connectivity index (χ0v) is 10.9. The second-order valence-electron chi connectivity index (χ2n) is 3.26. The molecule has 0 atom stereocenters. The molecule has 0 saturated carbocycles. The lowest BCUT2D eigenvalue weighted by Crippen LogP contribution is -1.97. The Morgan fingerprint density at radius 3 is 3.00 bits per heavy atom. The van der Waals surface area contributed by atoms with Crippen LogP contribution < -0.4 is 10.1 Å². The van der Waals surface area contributed by atoms with Crippen molar-refractivity contribution in [2.24, 2.45) is 0 Å². The van der Waals surface area contributed by atoms with Gasteiger partial charge in [-0.05, 0) is 25.1 Å². The van der Waals surface area contributed by atoms with E-state index in [2.05, 4.69) is 14.7 Å². The quantitative estimate of drug-likeness (QED) is 0.845. The largest absolute Gasteiger partial charge is 0.494 e. The van der Waals surface area contributed by atoms with Crippen LogP contribution in [0.25, 0.3) is 0 Å². The van der Waals surface area contributed by atoms with Crippen LogP contribution in [-0.2, 0) is 5.88 Å². The summed E-state index contributed by atoms with van der Waals surface area (Å²) in [5.74, 6) is 1.24. The number of halogens is 1. The molecule has 0 aliphatic heterocycles. The van der Waals surface area contributed by atoms with E-state index in [4.69, 9.17) is 16.3 Å². The molecule has 0 aliphatic carbocycles. The highest BCUT2D eigenvalue weighted by atomic mass is 35.5. The fourth-order valence-corrected chi connectivity index (χ4v) is 2.07. The molecule has 2 aromatic rings. The highest BCUT2D eigenvalue weighted by Gasteiger charge is 2.05. The molecule has 0 bridgehead atoms. The fourth-order valence-electron chi connectivity index (χ4n) is 1.41. The van der Waals surface area contributed by atoms with Crippen molar-refractivity contribution >= 4 is 34.0 Å². The number of benzene rings is 1. The van der Waals surface area contributed by atoms with Gasteiger partial charge in [-0.1, -0.05) is 0 Å². The minimum atomic E-state index is 0.418. The van der Waals surface area contributed by atoms with Gasteiger partial charge in [0.1, 0.15) is 12.1 Å². The summed E-state index contributed by atoms with van der Waals surface area (Å²) in [7, 11) is 0. The third-order valence-electron chi connectivity index (χ3n) is 2.12. The number of rotatable bonds is 5. The molecule has 90 valence electrons. The summed E-state index contributed by atoms with van der Waals surface area (Å²) in [4.78, 5) is 4.06. The Balaban J connectivity index is 2.19. The third kappa shape index (κ3) is 3.08. The van der Waals surface area contributed by atoms with Crippen LogP contribution in [0.4, 0.5) is 10.8 Å². The van der Waals surface area contributed by atoms with E-state index in [1.54, 1.807) is 0 Å². The maximum Gasteiger partial charge on any atom is 0.206 e. The predicted molar refractivity (Wildman–Crippen MR) is 70.4 cm³/mol. The highest BCUT2D eigenvalue weighted by molar-refractivity contribution is 7.09. The first-order valence-corrected chi connectivity index (χ1v) is 6.49. The second kappa shape index (κ2) is 5.84. The van der Waals surface area contributed by atoms with Crippen LogP contribution in [-0.4, -0.2) is 16.0 Å². The van der Waals surface area contributed by atoms with Crippen molar-refractivity contribution in [1.29, 1.82) is 0 Å². The number of hydrogen-bond donors (Lipinski definition) is 1.